The normalized spacial score (nSPS) is 11.0. The van der Waals surface area contributed by atoms with Gasteiger partial charge in [-0.2, -0.15) is 0 Å². The topological polar surface area (TPSA) is 43.4 Å². The van der Waals surface area contributed by atoms with Gasteiger partial charge in [-0.25, -0.2) is 0 Å². The summed E-state index contributed by atoms with van der Waals surface area (Å²) in [6.45, 7) is 4.51. The van der Waals surface area contributed by atoms with E-state index in [1.54, 1.807) is 0 Å². The van der Waals surface area contributed by atoms with E-state index in [4.69, 9.17) is 4.74 Å². The minimum Gasteiger partial charge on any atom is -0.393 e. The highest BCUT2D eigenvalue weighted by molar-refractivity contribution is 5.85. The van der Waals surface area contributed by atoms with E-state index in [9.17, 15) is 9.59 Å². The molecule has 0 amide bonds. The van der Waals surface area contributed by atoms with Gasteiger partial charge in [0.2, 0.25) is 0 Å². The Morgan fingerprint density at radius 3 is 0.871 bits per heavy atom. The van der Waals surface area contributed by atoms with Gasteiger partial charge in [0.15, 0.2) is 0 Å². The van der Waals surface area contributed by atoms with Crippen LogP contribution in [0.3, 0.4) is 0 Å². The molecule has 0 heterocycles. The fourth-order valence-electron chi connectivity index (χ4n) is 4.10. The lowest BCUT2D eigenvalue weighted by Crippen LogP contribution is -2.11. The number of carbonyl (C=O) groups is 2. The number of rotatable bonds is 24. The standard InChI is InChI=1S/C28H54O3/c1-3-5-7-9-11-13-15-16-18-20-22-24-26-28(30)31-27(29)25-23-21-19-17-14-12-10-8-6-4-2/h3-26H2,1-2H3. The van der Waals surface area contributed by atoms with Gasteiger partial charge in [0, 0.05) is 12.8 Å². The summed E-state index contributed by atoms with van der Waals surface area (Å²) in [5.41, 5.74) is 0. The molecule has 31 heavy (non-hydrogen) atoms. The molecule has 0 atom stereocenters. The molecule has 184 valence electrons. The van der Waals surface area contributed by atoms with Crippen LogP contribution in [0.15, 0.2) is 0 Å². The molecule has 0 radical (unpaired) electrons. The summed E-state index contributed by atoms with van der Waals surface area (Å²) in [4.78, 5) is 23.5. The van der Waals surface area contributed by atoms with Crippen molar-refractivity contribution in [1.82, 2.24) is 0 Å². The molecule has 0 aromatic rings. The van der Waals surface area contributed by atoms with E-state index in [-0.39, 0.29) is 11.9 Å². The second-order valence-electron chi connectivity index (χ2n) is 9.42. The molecule has 0 aliphatic carbocycles. The molecular weight excluding hydrogens is 384 g/mol. The molecule has 0 fully saturated rings. The van der Waals surface area contributed by atoms with Crippen LogP contribution >= 0.6 is 0 Å². The quantitative estimate of drug-likeness (QED) is 0.0856. The summed E-state index contributed by atoms with van der Waals surface area (Å²) in [5, 5.41) is 0. The first kappa shape index (κ1) is 30.1. The Kier molecular flexibility index (Phi) is 24.7. The molecule has 0 saturated carbocycles. The summed E-state index contributed by atoms with van der Waals surface area (Å²) >= 11 is 0. The van der Waals surface area contributed by atoms with Gasteiger partial charge in [-0.15, -0.1) is 0 Å². The lowest BCUT2D eigenvalue weighted by Gasteiger charge is -2.05. The lowest BCUT2D eigenvalue weighted by atomic mass is 10.0. The van der Waals surface area contributed by atoms with Crippen LogP contribution in [-0.4, -0.2) is 11.9 Å². The predicted octanol–water partition coefficient (Wildman–Crippen LogP) is 9.46. The largest absolute Gasteiger partial charge is 0.393 e. The molecule has 0 aromatic carbocycles. The maximum absolute atomic E-state index is 11.8. The van der Waals surface area contributed by atoms with Gasteiger partial charge in [-0.1, -0.05) is 142 Å². The highest BCUT2D eigenvalue weighted by atomic mass is 16.6. The Bertz CT molecular complexity index is 392. The van der Waals surface area contributed by atoms with Gasteiger partial charge >= 0.3 is 11.9 Å². The van der Waals surface area contributed by atoms with Crippen molar-refractivity contribution in [2.45, 2.75) is 168 Å². The number of hydrogen-bond donors (Lipinski definition) is 0. The average Bonchev–Trinajstić information content (AvgIpc) is 2.75. The number of hydrogen-bond acceptors (Lipinski definition) is 3. The van der Waals surface area contributed by atoms with Gasteiger partial charge in [0.25, 0.3) is 0 Å². The molecule has 0 aliphatic heterocycles. The summed E-state index contributed by atoms with van der Waals surface area (Å²) in [6, 6.07) is 0. The molecule has 0 saturated heterocycles. The van der Waals surface area contributed by atoms with Gasteiger partial charge in [0.05, 0.1) is 0 Å². The van der Waals surface area contributed by atoms with Crippen LogP contribution in [0.1, 0.15) is 168 Å². The minimum absolute atomic E-state index is 0.329. The molecule has 0 rings (SSSR count). The number of ether oxygens (including phenoxy) is 1. The van der Waals surface area contributed by atoms with E-state index >= 15 is 0 Å². The zero-order chi connectivity index (χ0) is 22.8. The van der Waals surface area contributed by atoms with Crippen molar-refractivity contribution in [3.8, 4) is 0 Å². The molecule has 3 heteroatoms. The first-order chi connectivity index (χ1) is 15.2. The Labute approximate surface area is 194 Å². The van der Waals surface area contributed by atoms with E-state index in [2.05, 4.69) is 13.8 Å². The summed E-state index contributed by atoms with van der Waals surface area (Å²) in [5.74, 6) is -0.660. The van der Waals surface area contributed by atoms with E-state index in [0.29, 0.717) is 12.8 Å². The predicted molar refractivity (Wildman–Crippen MR) is 133 cm³/mol. The second kappa shape index (κ2) is 25.4. The fourth-order valence-corrected chi connectivity index (χ4v) is 4.10. The smallest absolute Gasteiger partial charge is 0.313 e. The highest BCUT2D eigenvalue weighted by Gasteiger charge is 2.09. The monoisotopic (exact) mass is 438 g/mol. The number of unbranched alkanes of at least 4 members (excludes halogenated alkanes) is 20. The van der Waals surface area contributed by atoms with Crippen molar-refractivity contribution in [2.75, 3.05) is 0 Å². The van der Waals surface area contributed by atoms with Gasteiger partial charge < -0.3 is 4.74 Å². The van der Waals surface area contributed by atoms with Gasteiger partial charge in [0.1, 0.15) is 0 Å². The van der Waals surface area contributed by atoms with E-state index in [1.165, 1.54) is 116 Å². The number of carbonyl (C=O) groups excluding carboxylic acids is 2. The van der Waals surface area contributed by atoms with Gasteiger partial charge in [-0.05, 0) is 12.8 Å². The van der Waals surface area contributed by atoms with E-state index in [1.807, 2.05) is 0 Å². The van der Waals surface area contributed by atoms with Crippen LogP contribution in [0, 0.1) is 0 Å². The Morgan fingerprint density at radius 1 is 0.387 bits per heavy atom. The van der Waals surface area contributed by atoms with Crippen LogP contribution in [-0.2, 0) is 14.3 Å². The van der Waals surface area contributed by atoms with E-state index in [0.717, 1.165) is 25.7 Å². The molecular formula is C28H54O3. The van der Waals surface area contributed by atoms with Crippen LogP contribution in [0.2, 0.25) is 0 Å². The summed E-state index contributed by atoms with van der Waals surface area (Å²) in [7, 11) is 0. The highest BCUT2D eigenvalue weighted by Crippen LogP contribution is 2.14. The lowest BCUT2D eigenvalue weighted by molar-refractivity contribution is -0.159. The van der Waals surface area contributed by atoms with Crippen LogP contribution in [0.25, 0.3) is 0 Å². The first-order valence-electron chi connectivity index (χ1n) is 13.9. The summed E-state index contributed by atoms with van der Waals surface area (Å²) < 4.78 is 4.96. The van der Waals surface area contributed by atoms with Crippen molar-refractivity contribution in [3.63, 3.8) is 0 Å². The fraction of sp³-hybridized carbons (Fsp3) is 0.929. The molecule has 0 N–H and O–H groups in total. The SMILES string of the molecule is CCCCCCCCCCCCCCC(=O)OC(=O)CCCCCCCCCCCC. The number of esters is 2. The third-order valence-electron chi connectivity index (χ3n) is 6.20. The third kappa shape index (κ3) is 25.3. The van der Waals surface area contributed by atoms with Crippen LogP contribution < -0.4 is 0 Å². The van der Waals surface area contributed by atoms with Gasteiger partial charge in [-0.3, -0.25) is 9.59 Å². The molecule has 0 aromatic heterocycles. The molecule has 3 nitrogen and oxygen atoms in total. The van der Waals surface area contributed by atoms with Crippen molar-refractivity contribution >= 4 is 11.9 Å². The minimum atomic E-state index is -0.330. The zero-order valence-electron chi connectivity index (χ0n) is 21.2. The maximum atomic E-state index is 11.8. The maximum Gasteiger partial charge on any atom is 0.313 e. The Morgan fingerprint density at radius 2 is 0.613 bits per heavy atom. The van der Waals surface area contributed by atoms with Crippen molar-refractivity contribution in [3.05, 3.63) is 0 Å². The zero-order valence-corrected chi connectivity index (χ0v) is 21.2. The van der Waals surface area contributed by atoms with E-state index < -0.39 is 0 Å². The molecule has 0 aliphatic rings. The van der Waals surface area contributed by atoms with Crippen LogP contribution in [0.5, 0.6) is 0 Å². The van der Waals surface area contributed by atoms with Crippen LogP contribution in [0.4, 0.5) is 0 Å². The molecule has 0 bridgehead atoms. The van der Waals surface area contributed by atoms with Crippen molar-refractivity contribution in [2.24, 2.45) is 0 Å². The van der Waals surface area contributed by atoms with Crippen molar-refractivity contribution < 1.29 is 14.3 Å². The molecule has 0 unspecified atom stereocenters. The second-order valence-corrected chi connectivity index (χ2v) is 9.42. The Balaban J connectivity index is 3.30. The molecule has 0 spiro atoms. The average molecular weight is 439 g/mol. The first-order valence-corrected chi connectivity index (χ1v) is 13.9. The Hall–Kier alpha value is -0.860. The summed E-state index contributed by atoms with van der Waals surface area (Å²) in [6.07, 6.45) is 28.5. The third-order valence-corrected chi connectivity index (χ3v) is 6.20. The van der Waals surface area contributed by atoms with Crippen molar-refractivity contribution in [1.29, 1.82) is 0 Å².